The Hall–Kier alpha value is -2.06. The number of likely N-dealkylation sites (tertiary alicyclic amines) is 1. The van der Waals surface area contributed by atoms with Gasteiger partial charge in [-0.1, -0.05) is 11.6 Å². The number of nitrogens with one attached hydrogen (secondary N) is 1. The zero-order valence-electron chi connectivity index (χ0n) is 12.8. The van der Waals surface area contributed by atoms with Crippen molar-refractivity contribution in [3.63, 3.8) is 0 Å². The molecular weight excluding hydrogens is 314 g/mol. The average molecular weight is 331 g/mol. The molecular formula is C15H17N5O2S. The van der Waals surface area contributed by atoms with Gasteiger partial charge in [-0.15, -0.1) is 11.3 Å². The molecule has 1 saturated heterocycles. The highest BCUT2D eigenvalue weighted by molar-refractivity contribution is 7.17. The van der Waals surface area contributed by atoms with Crippen molar-refractivity contribution in [2.45, 2.75) is 38.8 Å². The molecule has 0 saturated carbocycles. The molecule has 0 aromatic carbocycles. The highest BCUT2D eigenvalue weighted by Gasteiger charge is 2.29. The Bertz CT molecular complexity index is 883. The highest BCUT2D eigenvalue weighted by Crippen LogP contribution is 2.30. The first-order valence-electron chi connectivity index (χ1n) is 7.71. The van der Waals surface area contributed by atoms with Gasteiger partial charge in [-0.25, -0.2) is 4.98 Å². The maximum Gasteiger partial charge on any atom is 0.268 e. The lowest BCUT2D eigenvalue weighted by Gasteiger charge is -2.32. The summed E-state index contributed by atoms with van der Waals surface area (Å²) in [6, 6.07) is 1.97. The van der Waals surface area contributed by atoms with E-state index in [-0.39, 0.29) is 11.6 Å². The number of fused-ring (bicyclic) bond motifs is 1. The molecule has 1 aliphatic rings. The normalized spacial score (nSPS) is 19.4. The van der Waals surface area contributed by atoms with E-state index in [4.69, 9.17) is 4.52 Å². The minimum atomic E-state index is -0.0674. The van der Waals surface area contributed by atoms with Crippen LogP contribution in [0.2, 0.25) is 0 Å². The summed E-state index contributed by atoms with van der Waals surface area (Å²) in [5.74, 6) is 1.99. The van der Waals surface area contributed by atoms with E-state index < -0.39 is 0 Å². The van der Waals surface area contributed by atoms with Crippen LogP contribution in [0.25, 0.3) is 10.2 Å². The Balaban J connectivity index is 1.63. The summed E-state index contributed by atoms with van der Waals surface area (Å²) < 4.78 is 6.04. The van der Waals surface area contributed by atoms with Crippen molar-refractivity contribution in [2.24, 2.45) is 0 Å². The third kappa shape index (κ3) is 2.79. The molecule has 4 heterocycles. The van der Waals surface area contributed by atoms with Gasteiger partial charge in [0.15, 0.2) is 5.82 Å². The van der Waals surface area contributed by atoms with Crippen LogP contribution in [0.15, 0.2) is 20.8 Å². The number of hydrogen-bond acceptors (Lipinski definition) is 7. The fraction of sp³-hybridized carbons (Fsp3) is 0.467. The predicted octanol–water partition coefficient (Wildman–Crippen LogP) is 2.40. The first-order valence-corrected chi connectivity index (χ1v) is 8.59. The van der Waals surface area contributed by atoms with Crippen LogP contribution in [-0.4, -0.2) is 31.6 Å². The molecule has 7 nitrogen and oxygen atoms in total. The van der Waals surface area contributed by atoms with Crippen LogP contribution in [0.5, 0.6) is 0 Å². The third-order valence-corrected chi connectivity index (χ3v) is 5.06. The van der Waals surface area contributed by atoms with Crippen LogP contribution < -0.4 is 5.56 Å². The molecule has 0 bridgehead atoms. The van der Waals surface area contributed by atoms with Gasteiger partial charge in [0.2, 0.25) is 5.89 Å². The summed E-state index contributed by atoms with van der Waals surface area (Å²) in [6.07, 6.45) is 3.23. The van der Waals surface area contributed by atoms with Gasteiger partial charge < -0.3 is 9.51 Å². The molecule has 1 N–H and O–H groups in total. The number of aromatic nitrogens is 4. The summed E-state index contributed by atoms with van der Waals surface area (Å²) in [4.78, 5) is 26.2. The van der Waals surface area contributed by atoms with Crippen LogP contribution in [0.1, 0.15) is 42.8 Å². The molecule has 1 fully saturated rings. The largest absolute Gasteiger partial charge is 0.338 e. The summed E-state index contributed by atoms with van der Waals surface area (Å²) in [5.41, 5.74) is 0.693. The number of H-pyrrole nitrogens is 1. The second-order valence-electron chi connectivity index (χ2n) is 5.81. The molecule has 0 aliphatic carbocycles. The molecule has 3 aromatic heterocycles. The number of thiophene rings is 1. The van der Waals surface area contributed by atoms with Gasteiger partial charge in [0.05, 0.1) is 18.1 Å². The van der Waals surface area contributed by atoms with Crippen LogP contribution >= 0.6 is 11.3 Å². The van der Waals surface area contributed by atoms with Crippen molar-refractivity contribution in [2.75, 3.05) is 6.54 Å². The smallest absolute Gasteiger partial charge is 0.268 e. The standard InChI is InChI=1S/C15H17N5O2S/c1-9-16-15(22-19-9)11-4-2-3-6-20(11)8-12-17-10-5-7-23-13(10)14(21)18-12/h5,7,11H,2-4,6,8H2,1H3,(H,17,18,21)/t11-/m1/s1. The lowest BCUT2D eigenvalue weighted by atomic mass is 10.0. The molecule has 8 heteroatoms. The van der Waals surface area contributed by atoms with Crippen molar-refractivity contribution in [3.8, 4) is 0 Å². The molecule has 0 radical (unpaired) electrons. The summed E-state index contributed by atoms with van der Waals surface area (Å²) in [6.45, 7) is 3.33. The Morgan fingerprint density at radius 3 is 3.17 bits per heavy atom. The molecule has 120 valence electrons. The Labute approximate surface area is 136 Å². The molecule has 0 spiro atoms. The zero-order chi connectivity index (χ0) is 15.8. The van der Waals surface area contributed by atoms with E-state index in [1.165, 1.54) is 11.3 Å². The van der Waals surface area contributed by atoms with Crippen molar-refractivity contribution in [1.82, 2.24) is 25.0 Å². The van der Waals surface area contributed by atoms with E-state index in [9.17, 15) is 4.79 Å². The molecule has 4 rings (SSSR count). The fourth-order valence-corrected chi connectivity index (χ4v) is 3.82. The lowest BCUT2D eigenvalue weighted by molar-refractivity contribution is 0.108. The number of hydrogen-bond donors (Lipinski definition) is 1. The van der Waals surface area contributed by atoms with Crippen LogP contribution in [0.3, 0.4) is 0 Å². The molecule has 0 unspecified atom stereocenters. The van der Waals surface area contributed by atoms with E-state index in [1.807, 2.05) is 18.4 Å². The topological polar surface area (TPSA) is 87.9 Å². The summed E-state index contributed by atoms with van der Waals surface area (Å²) in [7, 11) is 0. The van der Waals surface area contributed by atoms with Gasteiger partial charge in [0.25, 0.3) is 5.56 Å². The van der Waals surface area contributed by atoms with Gasteiger partial charge in [0, 0.05) is 0 Å². The molecule has 23 heavy (non-hydrogen) atoms. The minimum Gasteiger partial charge on any atom is -0.338 e. The van der Waals surface area contributed by atoms with Gasteiger partial charge >= 0.3 is 0 Å². The van der Waals surface area contributed by atoms with Crippen LogP contribution in [-0.2, 0) is 6.54 Å². The van der Waals surface area contributed by atoms with Crippen molar-refractivity contribution < 1.29 is 4.52 Å². The van der Waals surface area contributed by atoms with Crippen molar-refractivity contribution in [1.29, 1.82) is 0 Å². The predicted molar refractivity (Wildman–Crippen MR) is 86.3 cm³/mol. The molecule has 3 aromatic rings. The van der Waals surface area contributed by atoms with Gasteiger partial charge in [-0.3, -0.25) is 9.69 Å². The first kappa shape index (κ1) is 14.5. The second-order valence-corrected chi connectivity index (χ2v) is 6.73. The third-order valence-electron chi connectivity index (χ3n) is 4.16. The fourth-order valence-electron chi connectivity index (χ4n) is 3.10. The number of nitrogens with zero attached hydrogens (tertiary/aromatic N) is 4. The van der Waals surface area contributed by atoms with Gasteiger partial charge in [0.1, 0.15) is 10.5 Å². The second kappa shape index (κ2) is 5.86. The summed E-state index contributed by atoms with van der Waals surface area (Å²) >= 11 is 1.42. The number of rotatable bonds is 3. The first-order chi connectivity index (χ1) is 11.2. The van der Waals surface area contributed by atoms with E-state index in [0.717, 1.165) is 31.3 Å². The SMILES string of the molecule is Cc1noc([C@H]2CCCCN2Cc2nc3ccsc3c(=O)[nH]2)n1. The number of aryl methyl sites for hydroxylation is 1. The van der Waals surface area contributed by atoms with Crippen molar-refractivity contribution >= 4 is 21.6 Å². The van der Waals surface area contributed by atoms with Crippen molar-refractivity contribution in [3.05, 3.63) is 39.3 Å². The molecule has 1 atom stereocenters. The highest BCUT2D eigenvalue weighted by atomic mass is 32.1. The van der Waals surface area contributed by atoms with E-state index in [2.05, 4.69) is 25.0 Å². The summed E-state index contributed by atoms with van der Waals surface area (Å²) in [5, 5.41) is 5.79. The Morgan fingerprint density at radius 2 is 2.35 bits per heavy atom. The quantitative estimate of drug-likeness (QED) is 0.793. The maximum atomic E-state index is 12.1. The average Bonchev–Trinajstić information content (AvgIpc) is 3.17. The van der Waals surface area contributed by atoms with Crippen LogP contribution in [0, 0.1) is 6.92 Å². The molecule has 1 aliphatic heterocycles. The minimum absolute atomic E-state index is 0.0674. The van der Waals surface area contributed by atoms with Gasteiger partial charge in [-0.05, 0) is 37.8 Å². The Kier molecular flexibility index (Phi) is 3.70. The van der Waals surface area contributed by atoms with Gasteiger partial charge in [-0.2, -0.15) is 4.98 Å². The number of piperidine rings is 1. The molecule has 0 amide bonds. The van der Waals surface area contributed by atoms with E-state index >= 15 is 0 Å². The maximum absolute atomic E-state index is 12.1. The van der Waals surface area contributed by atoms with E-state index in [1.54, 1.807) is 0 Å². The number of aromatic amines is 1. The Morgan fingerprint density at radius 1 is 1.43 bits per heavy atom. The van der Waals surface area contributed by atoms with Crippen LogP contribution in [0.4, 0.5) is 0 Å². The zero-order valence-corrected chi connectivity index (χ0v) is 13.6. The van der Waals surface area contributed by atoms with E-state index in [0.29, 0.717) is 28.8 Å². The monoisotopic (exact) mass is 331 g/mol. The lowest BCUT2D eigenvalue weighted by Crippen LogP contribution is -2.34.